The number of hydrogen-bond acceptors (Lipinski definition) is 5. The van der Waals surface area contributed by atoms with E-state index in [0.717, 1.165) is 0 Å². The Balaban J connectivity index is 2.22. The number of hydrogen-bond donors (Lipinski definition) is 1. The molecule has 1 N–H and O–H groups in total. The van der Waals surface area contributed by atoms with Gasteiger partial charge in [-0.05, 0) is 13.8 Å². The molecule has 5 nitrogen and oxygen atoms in total. The highest BCUT2D eigenvalue weighted by Crippen LogP contribution is 2.02. The smallest absolute Gasteiger partial charge is 0.307 e. The van der Waals surface area contributed by atoms with Crippen LogP contribution in [0.25, 0.3) is 0 Å². The predicted octanol–water partition coefficient (Wildman–Crippen LogP) is 0.0212. The molecule has 94 valence electrons. The summed E-state index contributed by atoms with van der Waals surface area (Å²) in [5.41, 5.74) is 0. The van der Waals surface area contributed by atoms with Crippen LogP contribution in [0.4, 0.5) is 0 Å². The average Bonchev–Trinajstić information content (AvgIpc) is 2.41. The molecule has 0 spiro atoms. The summed E-state index contributed by atoms with van der Waals surface area (Å²) in [6.45, 7) is 6.49. The van der Waals surface area contributed by atoms with Gasteiger partial charge in [0.2, 0.25) is 0 Å². The van der Waals surface area contributed by atoms with Crippen LogP contribution in [0.15, 0.2) is 0 Å². The zero-order valence-corrected chi connectivity index (χ0v) is 10.0. The maximum absolute atomic E-state index is 11.0. The summed E-state index contributed by atoms with van der Waals surface area (Å²) in [4.78, 5) is 13.0. The van der Waals surface area contributed by atoms with Crippen molar-refractivity contribution in [3.8, 4) is 0 Å². The monoisotopic (exact) mass is 231 g/mol. The topological polar surface area (TPSA) is 59.0 Å². The minimum absolute atomic E-state index is 0.128. The molecule has 0 radical (unpaired) electrons. The SMILES string of the molecule is CC(C)OCC(O)CN1CCOC(=O)CC1. The van der Waals surface area contributed by atoms with Crippen molar-refractivity contribution in [3.63, 3.8) is 0 Å². The molecule has 1 aliphatic rings. The lowest BCUT2D eigenvalue weighted by Crippen LogP contribution is -2.36. The lowest BCUT2D eigenvalue weighted by atomic mass is 10.3. The lowest BCUT2D eigenvalue weighted by molar-refractivity contribution is -0.142. The van der Waals surface area contributed by atoms with Gasteiger partial charge in [-0.15, -0.1) is 0 Å². The van der Waals surface area contributed by atoms with E-state index in [4.69, 9.17) is 9.47 Å². The van der Waals surface area contributed by atoms with Gasteiger partial charge in [0.15, 0.2) is 0 Å². The van der Waals surface area contributed by atoms with Gasteiger partial charge in [-0.1, -0.05) is 0 Å². The Bertz CT molecular complexity index is 220. The first-order chi connectivity index (χ1) is 7.58. The van der Waals surface area contributed by atoms with Gasteiger partial charge in [-0.2, -0.15) is 0 Å². The average molecular weight is 231 g/mol. The van der Waals surface area contributed by atoms with Gasteiger partial charge in [-0.25, -0.2) is 0 Å². The number of carbonyl (C=O) groups is 1. The number of carbonyl (C=O) groups excluding carboxylic acids is 1. The van der Waals surface area contributed by atoms with Gasteiger partial charge >= 0.3 is 5.97 Å². The first kappa shape index (κ1) is 13.4. The van der Waals surface area contributed by atoms with Gasteiger partial charge in [0.1, 0.15) is 6.61 Å². The summed E-state index contributed by atoms with van der Waals surface area (Å²) in [5.74, 6) is -0.157. The van der Waals surface area contributed by atoms with Crippen molar-refractivity contribution >= 4 is 5.97 Å². The Kier molecular flexibility index (Phi) is 5.73. The van der Waals surface area contributed by atoms with Crippen molar-refractivity contribution in [2.45, 2.75) is 32.5 Å². The molecular weight excluding hydrogens is 210 g/mol. The molecule has 1 rings (SSSR count). The van der Waals surface area contributed by atoms with Crippen molar-refractivity contribution < 1.29 is 19.4 Å². The van der Waals surface area contributed by atoms with Crippen LogP contribution in [-0.2, 0) is 14.3 Å². The quantitative estimate of drug-likeness (QED) is 0.676. The Morgan fingerprint density at radius 1 is 1.50 bits per heavy atom. The van der Waals surface area contributed by atoms with Crippen LogP contribution in [0, 0.1) is 0 Å². The van der Waals surface area contributed by atoms with Gasteiger partial charge in [0, 0.05) is 19.6 Å². The van der Waals surface area contributed by atoms with Crippen LogP contribution in [0.2, 0.25) is 0 Å². The fourth-order valence-corrected chi connectivity index (χ4v) is 1.56. The van der Waals surface area contributed by atoms with Crippen molar-refractivity contribution in [1.29, 1.82) is 0 Å². The normalized spacial score (nSPS) is 20.6. The van der Waals surface area contributed by atoms with Crippen molar-refractivity contribution in [3.05, 3.63) is 0 Å². The van der Waals surface area contributed by atoms with Crippen LogP contribution < -0.4 is 0 Å². The Morgan fingerprint density at radius 3 is 2.94 bits per heavy atom. The van der Waals surface area contributed by atoms with E-state index in [-0.39, 0.29) is 12.1 Å². The molecule has 1 atom stereocenters. The van der Waals surface area contributed by atoms with Crippen molar-refractivity contribution in [2.24, 2.45) is 0 Å². The Hall–Kier alpha value is -0.650. The molecule has 1 unspecified atom stereocenters. The lowest BCUT2D eigenvalue weighted by Gasteiger charge is -2.22. The van der Waals surface area contributed by atoms with E-state index in [2.05, 4.69) is 0 Å². The zero-order valence-electron chi connectivity index (χ0n) is 10.0. The zero-order chi connectivity index (χ0) is 12.0. The van der Waals surface area contributed by atoms with E-state index in [0.29, 0.717) is 39.3 Å². The minimum Gasteiger partial charge on any atom is -0.464 e. The van der Waals surface area contributed by atoms with E-state index in [1.807, 2.05) is 18.7 Å². The predicted molar refractivity (Wildman–Crippen MR) is 59.1 cm³/mol. The van der Waals surface area contributed by atoms with Gasteiger partial charge < -0.3 is 14.6 Å². The highest BCUT2D eigenvalue weighted by atomic mass is 16.5. The van der Waals surface area contributed by atoms with Crippen LogP contribution >= 0.6 is 0 Å². The number of esters is 1. The first-order valence-corrected chi connectivity index (χ1v) is 5.75. The van der Waals surface area contributed by atoms with Gasteiger partial charge in [0.25, 0.3) is 0 Å². The summed E-state index contributed by atoms with van der Waals surface area (Å²) in [7, 11) is 0. The fraction of sp³-hybridized carbons (Fsp3) is 0.909. The van der Waals surface area contributed by atoms with Gasteiger partial charge in [-0.3, -0.25) is 9.69 Å². The van der Waals surface area contributed by atoms with E-state index in [1.54, 1.807) is 0 Å². The van der Waals surface area contributed by atoms with Gasteiger partial charge in [0.05, 0.1) is 25.2 Å². The molecule has 1 fully saturated rings. The second-order valence-electron chi connectivity index (χ2n) is 4.31. The molecule has 0 aromatic rings. The molecule has 0 aliphatic carbocycles. The molecule has 1 heterocycles. The maximum Gasteiger partial charge on any atom is 0.307 e. The second-order valence-corrected chi connectivity index (χ2v) is 4.31. The molecule has 5 heteroatoms. The van der Waals surface area contributed by atoms with E-state index >= 15 is 0 Å². The number of aliphatic hydroxyl groups excluding tert-OH is 1. The van der Waals surface area contributed by atoms with Crippen LogP contribution in [0.3, 0.4) is 0 Å². The molecule has 0 aromatic heterocycles. The summed E-state index contributed by atoms with van der Waals surface area (Å²) in [5, 5.41) is 9.72. The van der Waals surface area contributed by atoms with Crippen molar-refractivity contribution in [1.82, 2.24) is 4.90 Å². The first-order valence-electron chi connectivity index (χ1n) is 5.75. The highest BCUT2D eigenvalue weighted by Gasteiger charge is 2.17. The van der Waals surface area contributed by atoms with Crippen LogP contribution in [-0.4, -0.2) is 61.0 Å². The fourth-order valence-electron chi connectivity index (χ4n) is 1.56. The Labute approximate surface area is 96.3 Å². The summed E-state index contributed by atoms with van der Waals surface area (Å²) in [6, 6.07) is 0. The summed E-state index contributed by atoms with van der Waals surface area (Å²) < 4.78 is 10.2. The number of cyclic esters (lactones) is 1. The third-order valence-electron chi connectivity index (χ3n) is 2.39. The van der Waals surface area contributed by atoms with Crippen LogP contribution in [0.5, 0.6) is 0 Å². The number of rotatable bonds is 5. The number of aliphatic hydroxyl groups is 1. The molecule has 16 heavy (non-hydrogen) atoms. The van der Waals surface area contributed by atoms with E-state index in [1.165, 1.54) is 0 Å². The summed E-state index contributed by atoms with van der Waals surface area (Å²) in [6.07, 6.45) is 0.0249. The molecule has 1 saturated heterocycles. The number of β-amino-alcohol motifs (C(OH)–C–C–N with tert-alkyl or cyclic N) is 1. The third-order valence-corrected chi connectivity index (χ3v) is 2.39. The minimum atomic E-state index is -0.504. The standard InChI is InChI=1S/C11H21NO4/c1-9(2)16-8-10(13)7-12-4-3-11(14)15-6-5-12/h9-10,13H,3-8H2,1-2H3. The van der Waals surface area contributed by atoms with Crippen molar-refractivity contribution in [2.75, 3.05) is 32.8 Å². The Morgan fingerprint density at radius 2 is 2.25 bits per heavy atom. The molecule has 0 bridgehead atoms. The van der Waals surface area contributed by atoms with E-state index in [9.17, 15) is 9.90 Å². The molecule has 0 saturated carbocycles. The number of ether oxygens (including phenoxy) is 2. The van der Waals surface area contributed by atoms with E-state index < -0.39 is 6.10 Å². The molecule has 1 aliphatic heterocycles. The molecular formula is C11H21NO4. The van der Waals surface area contributed by atoms with Crippen LogP contribution in [0.1, 0.15) is 20.3 Å². The maximum atomic E-state index is 11.0. The third kappa shape index (κ3) is 5.44. The molecule has 0 amide bonds. The number of nitrogens with zero attached hydrogens (tertiary/aromatic N) is 1. The molecule has 0 aromatic carbocycles. The second kappa shape index (κ2) is 6.83. The largest absolute Gasteiger partial charge is 0.464 e. The summed E-state index contributed by atoms with van der Waals surface area (Å²) >= 11 is 0. The highest BCUT2D eigenvalue weighted by molar-refractivity contribution is 5.69.